The first-order valence-corrected chi connectivity index (χ1v) is 12.9. The van der Waals surface area contributed by atoms with Crippen LogP contribution in [0, 0.1) is 11.7 Å². The second kappa shape index (κ2) is 11.2. The molecule has 2 aromatic rings. The van der Waals surface area contributed by atoms with Crippen molar-refractivity contribution in [3.05, 3.63) is 24.0 Å². The molecule has 2 aliphatic heterocycles. The summed E-state index contributed by atoms with van der Waals surface area (Å²) in [5.74, 6) is 3.59. The quantitative estimate of drug-likeness (QED) is 0.562. The molecule has 1 atom stereocenters. The van der Waals surface area contributed by atoms with Crippen LogP contribution < -0.4 is 20.7 Å². The average molecular weight is 476 g/mol. The van der Waals surface area contributed by atoms with E-state index >= 15 is 0 Å². The molecule has 3 heterocycles. The summed E-state index contributed by atoms with van der Waals surface area (Å²) in [4.78, 5) is 17.9. The fraction of sp³-hybridized carbons (Fsp3) is 0.609. The summed E-state index contributed by atoms with van der Waals surface area (Å²) >= 11 is 1.98. The van der Waals surface area contributed by atoms with Gasteiger partial charge in [0.15, 0.2) is 11.6 Å². The number of hydrogen-bond donors (Lipinski definition) is 2. The first-order chi connectivity index (χ1) is 16.1. The number of hydrogen-bond acceptors (Lipinski definition) is 9. The van der Waals surface area contributed by atoms with Gasteiger partial charge in [-0.1, -0.05) is 6.92 Å². The Kier molecular flexibility index (Phi) is 8.08. The number of nitrogens with two attached hydrogens (primary N) is 1. The number of anilines is 4. The van der Waals surface area contributed by atoms with E-state index in [1.807, 2.05) is 22.7 Å². The molecule has 0 bridgehead atoms. The highest BCUT2D eigenvalue weighted by atomic mass is 32.2. The number of rotatable bonds is 9. The summed E-state index contributed by atoms with van der Waals surface area (Å²) in [6, 6.07) is 5.41. The van der Waals surface area contributed by atoms with E-state index in [9.17, 15) is 4.39 Å². The van der Waals surface area contributed by atoms with Gasteiger partial charge in [-0.25, -0.2) is 4.39 Å². The average Bonchev–Trinajstić information content (AvgIpc) is 3.29. The third-order valence-electron chi connectivity index (χ3n) is 6.51. The molecule has 1 aromatic carbocycles. The van der Waals surface area contributed by atoms with Gasteiger partial charge in [0.1, 0.15) is 0 Å². The van der Waals surface area contributed by atoms with Crippen molar-refractivity contribution >= 4 is 35.3 Å². The molecule has 1 aromatic heterocycles. The van der Waals surface area contributed by atoms with E-state index in [1.54, 1.807) is 6.07 Å². The molecule has 3 N–H and O–H groups in total. The molecule has 0 radical (unpaired) electrons. The van der Waals surface area contributed by atoms with Crippen molar-refractivity contribution in [3.63, 3.8) is 0 Å². The minimum Gasteiger partial charge on any atom is -0.494 e. The third-order valence-corrected chi connectivity index (χ3v) is 7.56. The number of thioether (sulfide) groups is 1. The summed E-state index contributed by atoms with van der Waals surface area (Å²) in [6.45, 7) is 5.81. The zero-order valence-electron chi connectivity index (χ0n) is 19.5. The summed E-state index contributed by atoms with van der Waals surface area (Å²) < 4.78 is 19.7. The third kappa shape index (κ3) is 5.97. The van der Waals surface area contributed by atoms with Crippen molar-refractivity contribution in [3.8, 4) is 5.75 Å². The van der Waals surface area contributed by atoms with Crippen LogP contribution in [0.3, 0.4) is 0 Å². The molecule has 8 nitrogen and oxygen atoms in total. The number of nitrogen functional groups attached to an aromatic ring is 1. The molecular formula is C23H34FN7OS. The van der Waals surface area contributed by atoms with Gasteiger partial charge in [0.2, 0.25) is 17.8 Å². The van der Waals surface area contributed by atoms with Crippen molar-refractivity contribution < 1.29 is 9.13 Å². The Balaban J connectivity index is 1.59. The van der Waals surface area contributed by atoms with E-state index in [0.29, 0.717) is 36.1 Å². The predicted molar refractivity (Wildman–Crippen MR) is 133 cm³/mol. The number of aromatic nitrogens is 3. The Morgan fingerprint density at radius 2 is 2.06 bits per heavy atom. The number of benzene rings is 1. The maximum absolute atomic E-state index is 14.6. The van der Waals surface area contributed by atoms with Crippen molar-refractivity contribution in [2.45, 2.75) is 38.6 Å². The summed E-state index contributed by atoms with van der Waals surface area (Å²) in [7, 11) is 1.46. The highest BCUT2D eigenvalue weighted by molar-refractivity contribution is 7.99. The zero-order chi connectivity index (χ0) is 23.2. The molecule has 0 aliphatic carbocycles. The number of likely N-dealkylation sites (N-methyl/N-ethyl adjacent to an activating group) is 1. The highest BCUT2D eigenvalue weighted by Gasteiger charge is 2.25. The smallest absolute Gasteiger partial charge is 0.236 e. The Hall–Kier alpha value is -2.33. The molecule has 2 saturated heterocycles. The minimum absolute atomic E-state index is 0.152. The van der Waals surface area contributed by atoms with Gasteiger partial charge in [-0.2, -0.15) is 26.7 Å². The van der Waals surface area contributed by atoms with Gasteiger partial charge in [0, 0.05) is 30.9 Å². The fourth-order valence-electron chi connectivity index (χ4n) is 4.65. The Labute approximate surface area is 199 Å². The zero-order valence-corrected chi connectivity index (χ0v) is 20.3. The Bertz CT molecular complexity index is 928. The van der Waals surface area contributed by atoms with Crippen LogP contribution in [0.15, 0.2) is 18.2 Å². The van der Waals surface area contributed by atoms with E-state index < -0.39 is 5.82 Å². The van der Waals surface area contributed by atoms with Gasteiger partial charge in [-0.05, 0) is 68.3 Å². The monoisotopic (exact) mass is 475 g/mol. The number of halogens is 1. The molecule has 0 amide bonds. The van der Waals surface area contributed by atoms with Crippen molar-refractivity contribution in [1.29, 1.82) is 0 Å². The SMILES string of the molecule is CCN1CCCC1CNc1nc(N)nc(N(CC2CCSCC2)c2ccc(OC)c(F)c2)n1. The number of nitrogens with zero attached hydrogens (tertiary/aromatic N) is 5. The topological polar surface area (TPSA) is 92.4 Å². The predicted octanol–water partition coefficient (Wildman–Crippen LogP) is 3.78. The minimum atomic E-state index is -0.416. The van der Waals surface area contributed by atoms with Gasteiger partial charge in [0.25, 0.3) is 0 Å². The van der Waals surface area contributed by atoms with Gasteiger partial charge >= 0.3 is 0 Å². The van der Waals surface area contributed by atoms with Crippen molar-refractivity contribution in [2.24, 2.45) is 5.92 Å². The molecule has 2 fully saturated rings. The first kappa shape index (κ1) is 23.8. The van der Waals surface area contributed by atoms with Crippen LogP contribution in [0.2, 0.25) is 0 Å². The van der Waals surface area contributed by atoms with Crippen LogP contribution in [0.25, 0.3) is 0 Å². The summed E-state index contributed by atoms with van der Waals surface area (Å²) in [5.41, 5.74) is 6.76. The molecule has 2 aliphatic rings. The lowest BCUT2D eigenvalue weighted by Crippen LogP contribution is -2.35. The highest BCUT2D eigenvalue weighted by Crippen LogP contribution is 2.32. The lowest BCUT2D eigenvalue weighted by molar-refractivity contribution is 0.277. The van der Waals surface area contributed by atoms with Crippen LogP contribution in [-0.4, -0.2) is 70.7 Å². The molecule has 1 unspecified atom stereocenters. The lowest BCUT2D eigenvalue weighted by Gasteiger charge is -2.30. The van der Waals surface area contributed by atoms with Crippen LogP contribution in [0.4, 0.5) is 27.9 Å². The van der Waals surface area contributed by atoms with E-state index in [0.717, 1.165) is 50.4 Å². The van der Waals surface area contributed by atoms with Gasteiger partial charge < -0.3 is 20.7 Å². The molecule has 33 heavy (non-hydrogen) atoms. The Morgan fingerprint density at radius 3 is 2.79 bits per heavy atom. The second-order valence-corrected chi connectivity index (χ2v) is 9.83. The maximum atomic E-state index is 14.6. The van der Waals surface area contributed by atoms with E-state index in [4.69, 9.17) is 15.5 Å². The van der Waals surface area contributed by atoms with E-state index in [1.165, 1.54) is 19.6 Å². The van der Waals surface area contributed by atoms with Crippen molar-refractivity contribution in [1.82, 2.24) is 19.9 Å². The lowest BCUT2D eigenvalue weighted by atomic mass is 10.0. The molecule has 0 saturated carbocycles. The van der Waals surface area contributed by atoms with Crippen LogP contribution in [0.5, 0.6) is 5.75 Å². The summed E-state index contributed by atoms with van der Waals surface area (Å²) in [5, 5.41) is 3.36. The van der Waals surface area contributed by atoms with Crippen LogP contribution in [-0.2, 0) is 0 Å². The first-order valence-electron chi connectivity index (χ1n) is 11.8. The van der Waals surface area contributed by atoms with Crippen LogP contribution in [0.1, 0.15) is 32.6 Å². The molecule has 0 spiro atoms. The van der Waals surface area contributed by atoms with Gasteiger partial charge in [-0.3, -0.25) is 4.90 Å². The standard InChI is InChI=1S/C23H34FN7OS/c1-3-30-10-4-5-18(30)14-26-22-27-21(25)28-23(29-22)31(15-16-8-11-33-12-9-16)17-6-7-20(32-2)19(24)13-17/h6-7,13,16,18H,3-5,8-12,14-15H2,1-2H3,(H3,25,26,27,28,29). The molecule has 180 valence electrons. The summed E-state index contributed by atoms with van der Waals surface area (Å²) in [6.07, 6.45) is 4.59. The molecule has 4 rings (SSSR count). The van der Waals surface area contributed by atoms with Crippen molar-refractivity contribution in [2.75, 3.05) is 60.7 Å². The van der Waals surface area contributed by atoms with Crippen LogP contribution >= 0.6 is 11.8 Å². The van der Waals surface area contributed by atoms with Gasteiger partial charge in [-0.15, -0.1) is 0 Å². The number of nitrogens with one attached hydrogen (secondary N) is 1. The Morgan fingerprint density at radius 1 is 1.24 bits per heavy atom. The van der Waals surface area contributed by atoms with Gasteiger partial charge in [0.05, 0.1) is 7.11 Å². The number of methoxy groups -OCH3 is 1. The maximum Gasteiger partial charge on any atom is 0.236 e. The normalized spacial score (nSPS) is 19.5. The molecule has 10 heteroatoms. The van der Waals surface area contributed by atoms with E-state index in [2.05, 4.69) is 27.1 Å². The largest absolute Gasteiger partial charge is 0.494 e. The fourth-order valence-corrected chi connectivity index (χ4v) is 5.85. The second-order valence-electron chi connectivity index (χ2n) is 8.61. The molecular weight excluding hydrogens is 441 g/mol. The van der Waals surface area contributed by atoms with E-state index in [-0.39, 0.29) is 11.7 Å². The number of likely N-dealkylation sites (tertiary alicyclic amines) is 1. The number of ether oxygens (including phenoxy) is 1.